The van der Waals surface area contributed by atoms with E-state index in [9.17, 15) is 22.4 Å². The van der Waals surface area contributed by atoms with E-state index in [1.54, 1.807) is 29.3 Å². The highest BCUT2D eigenvalue weighted by Crippen LogP contribution is 2.29. The summed E-state index contributed by atoms with van der Waals surface area (Å²) in [6, 6.07) is 10.0. The standard InChI is InChI=1S/C24H20F4N4O2/c25-20-14-17(3-6-21(20)34-19-2-1-9-29-16-19)4-8-23(33)32-12-10-31(11-13-32)22-7-5-18(15-30-22)24(26,27)28/h1-9,14-16H,10-13H2/b8-4+. The van der Waals surface area contributed by atoms with Gasteiger partial charge in [0.1, 0.15) is 11.6 Å². The molecule has 10 heteroatoms. The van der Waals surface area contributed by atoms with E-state index >= 15 is 0 Å². The molecule has 3 aromatic rings. The first-order valence-electron chi connectivity index (χ1n) is 10.4. The molecule has 176 valence electrons. The first kappa shape index (κ1) is 23.2. The van der Waals surface area contributed by atoms with Gasteiger partial charge in [-0.25, -0.2) is 9.37 Å². The van der Waals surface area contributed by atoms with E-state index in [1.807, 2.05) is 4.90 Å². The van der Waals surface area contributed by atoms with E-state index in [0.29, 0.717) is 43.3 Å². The van der Waals surface area contributed by atoms with Crippen LogP contribution in [0.2, 0.25) is 0 Å². The number of carbonyl (C=O) groups is 1. The van der Waals surface area contributed by atoms with Crippen LogP contribution in [-0.2, 0) is 11.0 Å². The zero-order valence-electron chi connectivity index (χ0n) is 17.9. The highest BCUT2D eigenvalue weighted by atomic mass is 19.4. The molecule has 1 aromatic carbocycles. The number of amides is 1. The Balaban J connectivity index is 1.31. The van der Waals surface area contributed by atoms with Gasteiger partial charge < -0.3 is 14.5 Å². The van der Waals surface area contributed by atoms with Crippen molar-refractivity contribution in [1.82, 2.24) is 14.9 Å². The molecule has 34 heavy (non-hydrogen) atoms. The summed E-state index contributed by atoms with van der Waals surface area (Å²) >= 11 is 0. The zero-order chi connectivity index (χ0) is 24.1. The summed E-state index contributed by atoms with van der Waals surface area (Å²) in [5.74, 6) is 0.0712. The third-order valence-electron chi connectivity index (χ3n) is 5.23. The highest BCUT2D eigenvalue weighted by Gasteiger charge is 2.31. The van der Waals surface area contributed by atoms with Crippen molar-refractivity contribution in [3.05, 3.63) is 84.1 Å². The van der Waals surface area contributed by atoms with Crippen molar-refractivity contribution in [3.8, 4) is 11.5 Å². The Bertz CT molecular complexity index is 1160. The second-order valence-electron chi connectivity index (χ2n) is 7.53. The van der Waals surface area contributed by atoms with Crippen LogP contribution in [0.4, 0.5) is 23.4 Å². The van der Waals surface area contributed by atoms with E-state index in [0.717, 1.165) is 12.3 Å². The van der Waals surface area contributed by atoms with E-state index < -0.39 is 17.6 Å². The molecule has 1 saturated heterocycles. The molecule has 6 nitrogen and oxygen atoms in total. The second-order valence-corrected chi connectivity index (χ2v) is 7.53. The summed E-state index contributed by atoms with van der Waals surface area (Å²) in [4.78, 5) is 23.8. The van der Waals surface area contributed by atoms with Gasteiger partial charge >= 0.3 is 6.18 Å². The lowest BCUT2D eigenvalue weighted by Gasteiger charge is -2.35. The quantitative estimate of drug-likeness (QED) is 0.395. The van der Waals surface area contributed by atoms with Gasteiger partial charge in [-0.05, 0) is 48.0 Å². The number of alkyl halides is 3. The summed E-state index contributed by atoms with van der Waals surface area (Å²) in [6.07, 6.45) is 2.31. The van der Waals surface area contributed by atoms with Gasteiger partial charge in [0.25, 0.3) is 0 Å². The number of piperazine rings is 1. The fraction of sp³-hybridized carbons (Fsp3) is 0.208. The maximum atomic E-state index is 14.4. The minimum absolute atomic E-state index is 0.0458. The zero-order valence-corrected chi connectivity index (χ0v) is 17.9. The number of aromatic nitrogens is 2. The van der Waals surface area contributed by atoms with Crippen molar-refractivity contribution >= 4 is 17.8 Å². The number of carbonyl (C=O) groups excluding carboxylic acids is 1. The number of rotatable bonds is 5. The molecule has 0 radical (unpaired) electrons. The SMILES string of the molecule is O=C(/C=C/c1ccc(Oc2cccnc2)c(F)c1)N1CCN(c2ccc(C(F)(F)F)cn2)CC1. The lowest BCUT2D eigenvalue weighted by atomic mass is 10.2. The number of nitrogens with zero attached hydrogens (tertiary/aromatic N) is 4. The Hall–Kier alpha value is -3.95. The van der Waals surface area contributed by atoms with Crippen LogP contribution in [0.5, 0.6) is 11.5 Å². The third kappa shape index (κ3) is 5.69. The number of pyridine rings is 2. The fourth-order valence-corrected chi connectivity index (χ4v) is 3.41. The predicted molar refractivity (Wildman–Crippen MR) is 118 cm³/mol. The second kappa shape index (κ2) is 9.90. The van der Waals surface area contributed by atoms with Crippen molar-refractivity contribution in [2.45, 2.75) is 6.18 Å². The highest BCUT2D eigenvalue weighted by molar-refractivity contribution is 5.92. The van der Waals surface area contributed by atoms with Gasteiger partial charge in [0, 0.05) is 44.6 Å². The Kier molecular flexibility index (Phi) is 6.76. The molecule has 1 aliphatic heterocycles. The van der Waals surface area contributed by atoms with Crippen LogP contribution in [-0.4, -0.2) is 47.0 Å². The van der Waals surface area contributed by atoms with E-state index in [1.165, 1.54) is 36.5 Å². The Morgan fingerprint density at radius 3 is 2.44 bits per heavy atom. The topological polar surface area (TPSA) is 58.6 Å². The molecule has 4 rings (SSSR count). The van der Waals surface area contributed by atoms with Crippen LogP contribution in [0.3, 0.4) is 0 Å². The monoisotopic (exact) mass is 472 g/mol. The number of hydrogen-bond donors (Lipinski definition) is 0. The lowest BCUT2D eigenvalue weighted by molar-refractivity contribution is -0.137. The van der Waals surface area contributed by atoms with Crippen molar-refractivity contribution in [2.75, 3.05) is 31.1 Å². The van der Waals surface area contributed by atoms with Crippen LogP contribution in [0.15, 0.2) is 67.1 Å². The maximum Gasteiger partial charge on any atom is 0.417 e. The van der Waals surface area contributed by atoms with Crippen molar-refractivity contribution in [3.63, 3.8) is 0 Å². The molecule has 0 spiro atoms. The summed E-state index contributed by atoms with van der Waals surface area (Å²) < 4.78 is 57.9. The average Bonchev–Trinajstić information content (AvgIpc) is 2.84. The number of anilines is 1. The normalized spacial score (nSPS) is 14.5. The minimum Gasteiger partial charge on any atom is -0.453 e. The van der Waals surface area contributed by atoms with Gasteiger partial charge in [-0.2, -0.15) is 13.2 Å². The van der Waals surface area contributed by atoms with Gasteiger partial charge in [-0.3, -0.25) is 9.78 Å². The van der Waals surface area contributed by atoms with E-state index in [2.05, 4.69) is 9.97 Å². The average molecular weight is 472 g/mol. The lowest BCUT2D eigenvalue weighted by Crippen LogP contribution is -2.48. The number of halogens is 4. The van der Waals surface area contributed by atoms with Gasteiger partial charge in [-0.1, -0.05) is 6.07 Å². The molecule has 1 aliphatic rings. The van der Waals surface area contributed by atoms with Crippen molar-refractivity contribution in [1.29, 1.82) is 0 Å². The molecule has 0 N–H and O–H groups in total. The molecule has 0 bridgehead atoms. The number of ether oxygens (including phenoxy) is 1. The van der Waals surface area contributed by atoms with Crippen LogP contribution in [0, 0.1) is 5.82 Å². The summed E-state index contributed by atoms with van der Waals surface area (Å²) in [7, 11) is 0. The first-order valence-corrected chi connectivity index (χ1v) is 10.4. The van der Waals surface area contributed by atoms with Crippen molar-refractivity contribution in [2.24, 2.45) is 0 Å². The largest absolute Gasteiger partial charge is 0.453 e. The molecular formula is C24H20F4N4O2. The molecule has 0 saturated carbocycles. The van der Waals surface area contributed by atoms with Gasteiger partial charge in [-0.15, -0.1) is 0 Å². The summed E-state index contributed by atoms with van der Waals surface area (Å²) in [5.41, 5.74) is -0.305. The predicted octanol–water partition coefficient (Wildman–Crippen LogP) is 4.79. The summed E-state index contributed by atoms with van der Waals surface area (Å²) in [5, 5.41) is 0. The van der Waals surface area contributed by atoms with E-state index in [-0.39, 0.29) is 11.7 Å². The first-order chi connectivity index (χ1) is 16.3. The number of hydrogen-bond acceptors (Lipinski definition) is 5. The van der Waals surface area contributed by atoms with Crippen LogP contribution in [0.1, 0.15) is 11.1 Å². The molecule has 0 atom stereocenters. The molecule has 1 amide bonds. The number of benzene rings is 1. The Morgan fingerprint density at radius 2 is 1.82 bits per heavy atom. The minimum atomic E-state index is -4.43. The van der Waals surface area contributed by atoms with Crippen LogP contribution in [0.25, 0.3) is 6.08 Å². The van der Waals surface area contributed by atoms with Gasteiger partial charge in [0.05, 0.1) is 11.8 Å². The van der Waals surface area contributed by atoms with Crippen molar-refractivity contribution < 1.29 is 27.1 Å². The summed E-state index contributed by atoms with van der Waals surface area (Å²) in [6.45, 7) is 1.65. The van der Waals surface area contributed by atoms with Crippen LogP contribution >= 0.6 is 0 Å². The Morgan fingerprint density at radius 1 is 1.03 bits per heavy atom. The molecular weight excluding hydrogens is 452 g/mol. The van der Waals surface area contributed by atoms with Gasteiger partial charge in [0.15, 0.2) is 11.6 Å². The third-order valence-corrected chi connectivity index (χ3v) is 5.23. The maximum absolute atomic E-state index is 14.4. The molecule has 0 aliphatic carbocycles. The molecule has 3 heterocycles. The fourth-order valence-electron chi connectivity index (χ4n) is 3.41. The smallest absolute Gasteiger partial charge is 0.417 e. The molecule has 0 unspecified atom stereocenters. The van der Waals surface area contributed by atoms with Gasteiger partial charge in [0.2, 0.25) is 5.91 Å². The van der Waals surface area contributed by atoms with E-state index in [4.69, 9.17) is 4.74 Å². The molecule has 1 fully saturated rings. The molecule has 2 aromatic heterocycles. The Labute approximate surface area is 193 Å². The van der Waals surface area contributed by atoms with Crippen LogP contribution < -0.4 is 9.64 Å².